The average molecular weight is 152 g/mol. The lowest BCUT2D eigenvalue weighted by molar-refractivity contribution is -0.119. The number of primary amides is 1. The van der Waals surface area contributed by atoms with E-state index in [-0.39, 0.29) is 12.8 Å². The molecule has 0 aliphatic rings. The van der Waals surface area contributed by atoms with Gasteiger partial charge < -0.3 is 11.5 Å². The van der Waals surface area contributed by atoms with E-state index in [1.54, 1.807) is 0 Å². The lowest BCUT2D eigenvalue weighted by atomic mass is 10.2. The monoisotopic (exact) mass is 152 g/mol. The molecule has 1 atom stereocenters. The third-order valence-corrected chi connectivity index (χ3v) is 1.06. The van der Waals surface area contributed by atoms with Gasteiger partial charge in [-0.3, -0.25) is 4.79 Å². The summed E-state index contributed by atoms with van der Waals surface area (Å²) in [6, 6.07) is -0.936. The Morgan fingerprint density at radius 2 is 1.90 bits per heavy atom. The predicted molar refractivity (Wildman–Crippen MR) is 32.4 cm³/mol. The highest BCUT2D eigenvalue weighted by Crippen LogP contribution is 2.03. The molecule has 0 heterocycles. The molecule has 0 aromatic heterocycles. The molecule has 0 saturated carbocycles. The van der Waals surface area contributed by atoms with Crippen molar-refractivity contribution in [2.24, 2.45) is 11.5 Å². The normalized spacial score (nSPS) is 13.6. The van der Waals surface area contributed by atoms with E-state index in [0.717, 1.165) is 0 Å². The molecule has 5 heteroatoms. The second kappa shape index (κ2) is 4.16. The van der Waals surface area contributed by atoms with E-state index in [1.165, 1.54) is 0 Å². The Balaban J connectivity index is 3.40. The van der Waals surface area contributed by atoms with Crippen LogP contribution in [0.5, 0.6) is 0 Å². The van der Waals surface area contributed by atoms with E-state index in [9.17, 15) is 13.6 Å². The van der Waals surface area contributed by atoms with Gasteiger partial charge in [0.15, 0.2) is 0 Å². The summed E-state index contributed by atoms with van der Waals surface area (Å²) >= 11 is 0. The third-order valence-electron chi connectivity index (χ3n) is 1.06. The number of hydrogen-bond acceptors (Lipinski definition) is 2. The predicted octanol–water partition coefficient (Wildman–Crippen LogP) is -0.156. The maximum absolute atomic E-state index is 11.5. The molecule has 0 radical (unpaired) electrons. The summed E-state index contributed by atoms with van der Waals surface area (Å²) in [4.78, 5) is 10.2. The fraction of sp³-hybridized carbons (Fsp3) is 0.800. The zero-order valence-electron chi connectivity index (χ0n) is 5.39. The minimum atomic E-state index is -2.41. The Labute approximate surface area is 57.4 Å². The number of amides is 1. The Morgan fingerprint density at radius 3 is 2.20 bits per heavy atom. The molecule has 0 bridgehead atoms. The van der Waals surface area contributed by atoms with E-state index in [4.69, 9.17) is 11.5 Å². The van der Waals surface area contributed by atoms with Crippen LogP contribution in [0.25, 0.3) is 0 Å². The van der Waals surface area contributed by atoms with Gasteiger partial charge in [0.25, 0.3) is 0 Å². The van der Waals surface area contributed by atoms with Crippen LogP contribution in [-0.2, 0) is 4.79 Å². The maximum atomic E-state index is 11.5. The molecule has 4 N–H and O–H groups in total. The minimum absolute atomic E-state index is 0.0486. The zero-order valence-corrected chi connectivity index (χ0v) is 5.39. The maximum Gasteiger partial charge on any atom is 0.238 e. The van der Waals surface area contributed by atoms with Crippen LogP contribution in [0.15, 0.2) is 0 Å². The van der Waals surface area contributed by atoms with Crippen molar-refractivity contribution in [3.63, 3.8) is 0 Å². The lowest BCUT2D eigenvalue weighted by Crippen LogP contribution is -2.36. The van der Waals surface area contributed by atoms with Crippen molar-refractivity contribution < 1.29 is 13.6 Å². The van der Waals surface area contributed by atoms with Crippen LogP contribution in [0, 0.1) is 0 Å². The first kappa shape index (κ1) is 9.29. The van der Waals surface area contributed by atoms with Crippen LogP contribution in [0.3, 0.4) is 0 Å². The van der Waals surface area contributed by atoms with Crippen LogP contribution in [0.2, 0.25) is 0 Å². The van der Waals surface area contributed by atoms with Crippen LogP contribution in [0.1, 0.15) is 12.8 Å². The van der Waals surface area contributed by atoms with E-state index < -0.39 is 18.4 Å². The van der Waals surface area contributed by atoms with Crippen LogP contribution >= 0.6 is 0 Å². The molecule has 0 aromatic rings. The highest BCUT2D eigenvalue weighted by molar-refractivity contribution is 5.79. The van der Waals surface area contributed by atoms with Gasteiger partial charge in [0, 0.05) is 6.42 Å². The van der Waals surface area contributed by atoms with Gasteiger partial charge in [-0.25, -0.2) is 8.78 Å². The number of rotatable bonds is 4. The van der Waals surface area contributed by atoms with Crippen LogP contribution in [0.4, 0.5) is 8.78 Å². The molecule has 60 valence electrons. The van der Waals surface area contributed by atoms with Crippen LogP contribution < -0.4 is 11.5 Å². The molecule has 0 spiro atoms. The molecule has 0 unspecified atom stereocenters. The molecule has 0 aliphatic heterocycles. The molecule has 0 fully saturated rings. The molecule has 0 saturated heterocycles. The van der Waals surface area contributed by atoms with E-state index in [1.807, 2.05) is 0 Å². The number of carbonyl (C=O) groups excluding carboxylic acids is 1. The molecule has 0 aliphatic carbocycles. The Bertz CT molecular complexity index is 118. The Morgan fingerprint density at radius 1 is 1.40 bits per heavy atom. The Hall–Kier alpha value is -0.710. The molecular formula is C5H10F2N2O. The summed E-state index contributed by atoms with van der Waals surface area (Å²) in [5, 5.41) is 0. The summed E-state index contributed by atoms with van der Waals surface area (Å²) in [6.45, 7) is 0. The number of halogens is 2. The summed E-state index contributed by atoms with van der Waals surface area (Å²) in [5.41, 5.74) is 9.77. The highest BCUT2D eigenvalue weighted by atomic mass is 19.3. The molecule has 10 heavy (non-hydrogen) atoms. The first-order valence-electron chi connectivity index (χ1n) is 2.87. The van der Waals surface area contributed by atoms with Crippen molar-refractivity contribution >= 4 is 5.91 Å². The number of alkyl halides is 2. The first-order valence-corrected chi connectivity index (χ1v) is 2.87. The van der Waals surface area contributed by atoms with Gasteiger partial charge in [-0.1, -0.05) is 0 Å². The van der Waals surface area contributed by atoms with Crippen molar-refractivity contribution in [2.75, 3.05) is 0 Å². The zero-order chi connectivity index (χ0) is 8.15. The fourth-order valence-corrected chi connectivity index (χ4v) is 0.448. The van der Waals surface area contributed by atoms with E-state index in [2.05, 4.69) is 0 Å². The number of hydrogen-bond donors (Lipinski definition) is 2. The molecule has 0 rings (SSSR count). The van der Waals surface area contributed by atoms with Gasteiger partial charge in [0.1, 0.15) is 0 Å². The molecule has 3 nitrogen and oxygen atoms in total. The largest absolute Gasteiger partial charge is 0.368 e. The molecular weight excluding hydrogens is 142 g/mol. The molecule has 0 aromatic carbocycles. The average Bonchev–Trinajstić information content (AvgIpc) is 1.82. The van der Waals surface area contributed by atoms with Crippen molar-refractivity contribution in [1.29, 1.82) is 0 Å². The van der Waals surface area contributed by atoms with Gasteiger partial charge in [-0.05, 0) is 6.42 Å². The summed E-state index contributed by atoms with van der Waals surface area (Å²) in [7, 11) is 0. The SMILES string of the molecule is NC(=O)[C@@H](N)CCC(F)F. The smallest absolute Gasteiger partial charge is 0.238 e. The molecule has 1 amide bonds. The first-order chi connectivity index (χ1) is 4.54. The van der Waals surface area contributed by atoms with Crippen molar-refractivity contribution in [3.05, 3.63) is 0 Å². The van der Waals surface area contributed by atoms with Crippen molar-refractivity contribution in [3.8, 4) is 0 Å². The van der Waals surface area contributed by atoms with Crippen molar-refractivity contribution in [1.82, 2.24) is 0 Å². The lowest BCUT2D eigenvalue weighted by Gasteiger charge is -2.04. The topological polar surface area (TPSA) is 69.1 Å². The standard InChI is InChI=1S/C5H10F2N2O/c6-4(7)2-1-3(8)5(9)10/h3-4H,1-2,8H2,(H2,9,10)/t3-/m0/s1. The number of carbonyl (C=O) groups is 1. The van der Waals surface area contributed by atoms with E-state index in [0.29, 0.717) is 0 Å². The summed E-state index contributed by atoms with van der Waals surface area (Å²) < 4.78 is 22.9. The third kappa shape index (κ3) is 4.20. The fourth-order valence-electron chi connectivity index (χ4n) is 0.448. The second-order valence-electron chi connectivity index (χ2n) is 1.98. The summed E-state index contributed by atoms with van der Waals surface area (Å²) in [6.07, 6.45) is -2.83. The van der Waals surface area contributed by atoms with E-state index >= 15 is 0 Å². The van der Waals surface area contributed by atoms with Crippen molar-refractivity contribution in [2.45, 2.75) is 25.3 Å². The van der Waals surface area contributed by atoms with Gasteiger partial charge >= 0.3 is 0 Å². The van der Waals surface area contributed by atoms with Gasteiger partial charge in [0.05, 0.1) is 6.04 Å². The quantitative estimate of drug-likeness (QED) is 0.587. The van der Waals surface area contributed by atoms with Crippen LogP contribution in [-0.4, -0.2) is 18.4 Å². The Kier molecular flexibility index (Phi) is 3.87. The minimum Gasteiger partial charge on any atom is -0.368 e. The number of nitrogens with two attached hydrogens (primary N) is 2. The van der Waals surface area contributed by atoms with Gasteiger partial charge in [0.2, 0.25) is 12.3 Å². The summed E-state index contributed by atoms with van der Waals surface area (Å²) in [5.74, 6) is -0.736. The highest BCUT2D eigenvalue weighted by Gasteiger charge is 2.11. The second-order valence-corrected chi connectivity index (χ2v) is 1.98. The van der Waals surface area contributed by atoms with Gasteiger partial charge in [-0.2, -0.15) is 0 Å². The van der Waals surface area contributed by atoms with Gasteiger partial charge in [-0.15, -0.1) is 0 Å².